The maximum atomic E-state index is 8.74. The summed E-state index contributed by atoms with van der Waals surface area (Å²) < 4.78 is 10.3. The first-order valence-corrected chi connectivity index (χ1v) is 6.58. The first kappa shape index (κ1) is 15.6. The van der Waals surface area contributed by atoms with Crippen molar-refractivity contribution in [2.75, 3.05) is 33.5 Å². The first-order valence-electron chi connectivity index (χ1n) is 6.58. The fraction of sp³-hybridized carbons (Fsp3) is 0.533. The summed E-state index contributed by atoms with van der Waals surface area (Å²) in [4.78, 5) is 0. The van der Waals surface area contributed by atoms with Gasteiger partial charge in [-0.05, 0) is 37.6 Å². The zero-order valence-corrected chi connectivity index (χ0v) is 11.7. The summed E-state index contributed by atoms with van der Waals surface area (Å²) in [6.45, 7) is 5.08. The molecule has 0 bridgehead atoms. The monoisotopic (exact) mass is 262 g/mol. The minimum absolute atomic E-state index is 0.284. The molecule has 0 spiro atoms. The molecule has 1 unspecified atom stereocenters. The molecule has 0 saturated carbocycles. The van der Waals surface area contributed by atoms with E-state index >= 15 is 0 Å². The summed E-state index contributed by atoms with van der Waals surface area (Å²) in [5, 5.41) is 12.2. The van der Waals surface area contributed by atoms with E-state index in [0.29, 0.717) is 18.8 Å². The second-order valence-electron chi connectivity index (χ2n) is 4.37. The molecule has 0 aliphatic carbocycles. The van der Waals surface area contributed by atoms with E-state index in [2.05, 4.69) is 18.3 Å². The molecule has 0 heterocycles. The van der Waals surface area contributed by atoms with Gasteiger partial charge in [-0.3, -0.25) is 0 Å². The van der Waals surface area contributed by atoms with Crippen LogP contribution in [0.5, 0.6) is 0 Å². The van der Waals surface area contributed by atoms with E-state index in [1.807, 2.05) is 24.3 Å². The molecule has 0 radical (unpaired) electrons. The molecule has 1 atom stereocenters. The van der Waals surface area contributed by atoms with Crippen LogP contribution in [0.2, 0.25) is 0 Å². The van der Waals surface area contributed by atoms with Crippen LogP contribution in [0.3, 0.4) is 0 Å². The van der Waals surface area contributed by atoms with Gasteiger partial charge in [0.1, 0.15) is 0 Å². The molecule has 0 amide bonds. The van der Waals surface area contributed by atoms with Crippen molar-refractivity contribution < 1.29 is 9.47 Å². The second-order valence-corrected chi connectivity index (χ2v) is 4.37. The topological polar surface area (TPSA) is 54.3 Å². The lowest BCUT2D eigenvalue weighted by molar-refractivity contribution is 0.0693. The number of nitriles is 1. The highest BCUT2D eigenvalue weighted by atomic mass is 16.5. The lowest BCUT2D eigenvalue weighted by atomic mass is 10.1. The van der Waals surface area contributed by atoms with Gasteiger partial charge in [0.2, 0.25) is 0 Å². The molecule has 19 heavy (non-hydrogen) atoms. The first-order chi connectivity index (χ1) is 9.27. The Hall–Kier alpha value is -1.41. The molecule has 1 aromatic rings. The Morgan fingerprint density at radius 2 is 1.95 bits per heavy atom. The number of hydrogen-bond acceptors (Lipinski definition) is 4. The van der Waals surface area contributed by atoms with Gasteiger partial charge >= 0.3 is 0 Å². The third-order valence-electron chi connectivity index (χ3n) is 2.89. The summed E-state index contributed by atoms with van der Waals surface area (Å²) >= 11 is 0. The van der Waals surface area contributed by atoms with Crippen LogP contribution in [-0.2, 0) is 9.47 Å². The zero-order valence-electron chi connectivity index (χ0n) is 11.7. The largest absolute Gasteiger partial charge is 0.382 e. The van der Waals surface area contributed by atoms with Crippen LogP contribution in [0, 0.1) is 11.3 Å². The molecule has 4 nitrogen and oxygen atoms in total. The number of rotatable bonds is 9. The SMILES string of the molecule is COCCOCCCNC(C)c1ccc(C#N)cc1. The van der Waals surface area contributed by atoms with Gasteiger partial charge in [-0.25, -0.2) is 0 Å². The number of ether oxygens (including phenoxy) is 2. The number of methoxy groups -OCH3 is 1. The van der Waals surface area contributed by atoms with Gasteiger partial charge in [0.05, 0.1) is 24.8 Å². The minimum Gasteiger partial charge on any atom is -0.382 e. The quantitative estimate of drug-likeness (QED) is 0.694. The van der Waals surface area contributed by atoms with Crippen molar-refractivity contribution in [1.29, 1.82) is 5.26 Å². The van der Waals surface area contributed by atoms with Gasteiger partial charge in [0.15, 0.2) is 0 Å². The van der Waals surface area contributed by atoms with Crippen molar-refractivity contribution in [2.24, 2.45) is 0 Å². The van der Waals surface area contributed by atoms with Crippen LogP contribution in [0.25, 0.3) is 0 Å². The average Bonchev–Trinajstić information content (AvgIpc) is 2.46. The molecule has 0 aliphatic heterocycles. The van der Waals surface area contributed by atoms with E-state index in [0.717, 1.165) is 19.6 Å². The smallest absolute Gasteiger partial charge is 0.0991 e. The Bertz CT molecular complexity index is 384. The molecule has 4 heteroatoms. The third-order valence-corrected chi connectivity index (χ3v) is 2.89. The summed E-state index contributed by atoms with van der Waals surface area (Å²) in [6.07, 6.45) is 0.977. The van der Waals surface area contributed by atoms with E-state index in [1.54, 1.807) is 7.11 Å². The normalized spacial score (nSPS) is 12.1. The van der Waals surface area contributed by atoms with Gasteiger partial charge < -0.3 is 14.8 Å². The third kappa shape index (κ3) is 6.35. The number of nitrogens with one attached hydrogen (secondary N) is 1. The van der Waals surface area contributed by atoms with Gasteiger partial charge in [-0.2, -0.15) is 5.26 Å². The highest BCUT2D eigenvalue weighted by Gasteiger charge is 2.03. The summed E-state index contributed by atoms with van der Waals surface area (Å²) in [7, 11) is 1.67. The van der Waals surface area contributed by atoms with Crippen LogP contribution in [0.15, 0.2) is 24.3 Å². The van der Waals surface area contributed by atoms with Crippen molar-refractivity contribution >= 4 is 0 Å². The fourth-order valence-corrected chi connectivity index (χ4v) is 1.70. The predicted molar refractivity (Wildman–Crippen MR) is 74.9 cm³/mol. The molecule has 1 aromatic carbocycles. The molecule has 0 aromatic heterocycles. The van der Waals surface area contributed by atoms with Crippen LogP contribution in [0.1, 0.15) is 30.5 Å². The van der Waals surface area contributed by atoms with Crippen molar-refractivity contribution in [1.82, 2.24) is 5.32 Å². The molecule has 1 rings (SSSR count). The Morgan fingerprint density at radius 3 is 2.58 bits per heavy atom. The maximum absolute atomic E-state index is 8.74. The van der Waals surface area contributed by atoms with E-state index in [1.165, 1.54) is 5.56 Å². The zero-order chi connectivity index (χ0) is 13.9. The Morgan fingerprint density at radius 1 is 1.21 bits per heavy atom. The highest BCUT2D eigenvalue weighted by Crippen LogP contribution is 2.12. The number of nitrogens with zero attached hydrogens (tertiary/aromatic N) is 1. The van der Waals surface area contributed by atoms with Crippen LogP contribution in [-0.4, -0.2) is 33.5 Å². The number of hydrogen-bond donors (Lipinski definition) is 1. The van der Waals surface area contributed by atoms with E-state index in [9.17, 15) is 0 Å². The van der Waals surface area contributed by atoms with Gasteiger partial charge in [-0.1, -0.05) is 12.1 Å². The maximum Gasteiger partial charge on any atom is 0.0991 e. The molecular formula is C15H22N2O2. The summed E-state index contributed by atoms with van der Waals surface area (Å²) in [5.74, 6) is 0. The average molecular weight is 262 g/mol. The van der Waals surface area contributed by atoms with Gasteiger partial charge in [-0.15, -0.1) is 0 Å². The summed E-state index contributed by atoms with van der Waals surface area (Å²) in [6, 6.07) is 10.1. The lowest BCUT2D eigenvalue weighted by Gasteiger charge is -2.14. The molecular weight excluding hydrogens is 240 g/mol. The second kappa shape index (κ2) is 9.51. The van der Waals surface area contributed by atoms with Crippen LogP contribution >= 0.6 is 0 Å². The minimum atomic E-state index is 0.284. The molecule has 104 valence electrons. The van der Waals surface area contributed by atoms with Crippen molar-refractivity contribution in [2.45, 2.75) is 19.4 Å². The Kier molecular flexibility index (Phi) is 7.83. The van der Waals surface area contributed by atoms with Crippen molar-refractivity contribution in [3.8, 4) is 6.07 Å². The van der Waals surface area contributed by atoms with Gasteiger partial charge in [0.25, 0.3) is 0 Å². The van der Waals surface area contributed by atoms with Crippen molar-refractivity contribution in [3.05, 3.63) is 35.4 Å². The van der Waals surface area contributed by atoms with Gasteiger partial charge in [0, 0.05) is 19.8 Å². The highest BCUT2D eigenvalue weighted by molar-refractivity contribution is 5.32. The lowest BCUT2D eigenvalue weighted by Crippen LogP contribution is -2.21. The predicted octanol–water partition coefficient (Wildman–Crippen LogP) is 2.26. The standard InChI is InChI=1S/C15H22N2O2/c1-13(15-6-4-14(12-16)5-7-15)17-8-3-9-19-11-10-18-2/h4-7,13,17H,3,8-11H2,1-2H3. The number of benzene rings is 1. The molecule has 1 N–H and O–H groups in total. The van der Waals surface area contributed by atoms with Crippen LogP contribution < -0.4 is 5.32 Å². The molecule has 0 saturated heterocycles. The van der Waals surface area contributed by atoms with E-state index < -0.39 is 0 Å². The van der Waals surface area contributed by atoms with Crippen molar-refractivity contribution in [3.63, 3.8) is 0 Å². The molecule has 0 fully saturated rings. The fourth-order valence-electron chi connectivity index (χ4n) is 1.70. The Balaban J connectivity index is 2.16. The van der Waals surface area contributed by atoms with Crippen LogP contribution in [0.4, 0.5) is 0 Å². The van der Waals surface area contributed by atoms with E-state index in [-0.39, 0.29) is 6.04 Å². The Labute approximate surface area is 115 Å². The molecule has 0 aliphatic rings. The summed E-state index contributed by atoms with van der Waals surface area (Å²) in [5.41, 5.74) is 1.89. The van der Waals surface area contributed by atoms with E-state index in [4.69, 9.17) is 14.7 Å².